The maximum absolute atomic E-state index is 11.4. The average Bonchev–Trinajstić information content (AvgIpc) is 2.39. The van der Waals surface area contributed by atoms with Crippen LogP contribution in [0.3, 0.4) is 0 Å². The Labute approximate surface area is 105 Å². The van der Waals surface area contributed by atoms with E-state index < -0.39 is 22.7 Å². The molecule has 0 aromatic heterocycles. The van der Waals surface area contributed by atoms with Gasteiger partial charge in [-0.3, -0.25) is 4.79 Å². The topological polar surface area (TPSA) is 111 Å². The minimum Gasteiger partial charge on any atom is -0.507 e. The Hall–Kier alpha value is -2.89. The van der Waals surface area contributed by atoms with Gasteiger partial charge >= 0.3 is 0 Å². The fraction of sp³-hybridized carbons (Fsp3) is 0. The van der Waals surface area contributed by atoms with Crippen LogP contribution < -0.4 is 5.43 Å². The molecule has 1 aromatic rings. The molecule has 6 nitrogen and oxygen atoms in total. The van der Waals surface area contributed by atoms with Crippen LogP contribution in [0.1, 0.15) is 0 Å². The maximum Gasteiger partial charge on any atom is 0.227 e. The Bertz CT molecular complexity index is 833. The van der Waals surface area contributed by atoms with Crippen LogP contribution in [0.4, 0.5) is 0 Å². The zero-order valence-electron chi connectivity index (χ0n) is 9.41. The predicted molar refractivity (Wildman–Crippen MR) is 65.8 cm³/mol. The minimum atomic E-state index is -0.798. The quantitative estimate of drug-likeness (QED) is 0.278. The summed E-state index contributed by atoms with van der Waals surface area (Å²) in [4.78, 5) is 11.4. The van der Waals surface area contributed by atoms with E-state index in [2.05, 4.69) is 0 Å². The van der Waals surface area contributed by atoms with Crippen LogP contribution in [0, 0.1) is 0 Å². The van der Waals surface area contributed by atoms with Gasteiger partial charge in [0.05, 0.1) is 5.56 Å². The van der Waals surface area contributed by atoms with Crippen LogP contribution in [-0.2, 0) is 0 Å². The van der Waals surface area contributed by atoms with Crippen molar-refractivity contribution < 1.29 is 24.8 Å². The van der Waals surface area contributed by atoms with Crippen molar-refractivity contribution in [3.05, 3.63) is 34.5 Å². The van der Waals surface area contributed by atoms with Crippen molar-refractivity contribution in [2.24, 2.45) is 0 Å². The molecule has 0 saturated carbocycles. The molecule has 1 aromatic carbocycles. The van der Waals surface area contributed by atoms with Gasteiger partial charge in [-0.15, -0.1) is 0 Å². The van der Waals surface area contributed by atoms with E-state index in [1.807, 2.05) is 0 Å². The van der Waals surface area contributed by atoms with Gasteiger partial charge in [0.2, 0.25) is 16.9 Å². The van der Waals surface area contributed by atoms with Crippen LogP contribution >= 0.6 is 0 Å². The summed E-state index contributed by atoms with van der Waals surface area (Å²) in [5.41, 5.74) is -0.754. The first-order valence-electron chi connectivity index (χ1n) is 5.32. The second-order valence-electron chi connectivity index (χ2n) is 4.08. The van der Waals surface area contributed by atoms with Gasteiger partial charge in [0.15, 0.2) is 17.1 Å². The van der Waals surface area contributed by atoms with Crippen molar-refractivity contribution in [1.82, 2.24) is 0 Å². The summed E-state index contributed by atoms with van der Waals surface area (Å²) >= 11 is 0. The molecule has 19 heavy (non-hydrogen) atoms. The van der Waals surface area contributed by atoms with Gasteiger partial charge in [-0.05, 0) is 18.2 Å². The van der Waals surface area contributed by atoms with Gasteiger partial charge in [0.1, 0.15) is 5.75 Å². The first-order valence-corrected chi connectivity index (χ1v) is 5.32. The molecule has 0 saturated heterocycles. The van der Waals surface area contributed by atoms with Crippen LogP contribution in [-0.4, -0.2) is 20.4 Å². The third-order valence-corrected chi connectivity index (χ3v) is 2.88. The second-order valence-corrected chi connectivity index (χ2v) is 4.08. The molecule has 1 aliphatic heterocycles. The van der Waals surface area contributed by atoms with Gasteiger partial charge < -0.3 is 24.8 Å². The molecule has 3 rings (SSSR count). The Morgan fingerprint density at radius 1 is 0.895 bits per heavy atom. The van der Waals surface area contributed by atoms with E-state index in [9.17, 15) is 25.2 Å². The number of phenolic OH excluding ortho intramolecular Hbond substituents is 4. The highest BCUT2D eigenvalue weighted by Gasteiger charge is 2.21. The lowest BCUT2D eigenvalue weighted by Gasteiger charge is -2.11. The molecule has 96 valence electrons. The molecular formula is C13H8O6. The first-order chi connectivity index (χ1) is 8.99. The lowest BCUT2D eigenvalue weighted by Crippen LogP contribution is -2.01. The van der Waals surface area contributed by atoms with Crippen LogP contribution in [0.15, 0.2) is 33.5 Å². The molecule has 6 heteroatoms. The molecule has 4 N–H and O–H groups in total. The molecule has 1 aliphatic carbocycles. The Morgan fingerprint density at radius 2 is 1.63 bits per heavy atom. The lowest BCUT2D eigenvalue weighted by atomic mass is 10.1. The van der Waals surface area contributed by atoms with Crippen molar-refractivity contribution in [3.8, 4) is 34.3 Å². The van der Waals surface area contributed by atoms with E-state index in [0.29, 0.717) is 5.39 Å². The summed E-state index contributed by atoms with van der Waals surface area (Å²) in [5, 5.41) is 38.8. The Balaban J connectivity index is 2.57. The number of fused-ring (bicyclic) bond motifs is 2. The van der Waals surface area contributed by atoms with Crippen molar-refractivity contribution in [2.75, 3.05) is 0 Å². The largest absolute Gasteiger partial charge is 0.507 e. The van der Waals surface area contributed by atoms with E-state index in [1.54, 1.807) is 0 Å². The molecule has 0 radical (unpaired) electrons. The van der Waals surface area contributed by atoms with Gasteiger partial charge in [-0.2, -0.15) is 0 Å². The van der Waals surface area contributed by atoms with E-state index in [1.165, 1.54) is 18.2 Å². The summed E-state index contributed by atoms with van der Waals surface area (Å²) in [7, 11) is 0. The van der Waals surface area contributed by atoms with E-state index in [0.717, 1.165) is 6.07 Å². The molecule has 2 aliphatic rings. The summed E-state index contributed by atoms with van der Waals surface area (Å²) in [6, 6.07) is 5.04. The summed E-state index contributed by atoms with van der Waals surface area (Å²) in [6.07, 6.45) is 0. The fourth-order valence-corrected chi connectivity index (χ4v) is 1.92. The molecule has 0 atom stereocenters. The number of benzene rings is 2. The number of hydrogen-bond acceptors (Lipinski definition) is 6. The molecular weight excluding hydrogens is 252 g/mol. The highest BCUT2D eigenvalue weighted by Crippen LogP contribution is 2.42. The van der Waals surface area contributed by atoms with Crippen molar-refractivity contribution in [3.63, 3.8) is 0 Å². The van der Waals surface area contributed by atoms with Crippen LogP contribution in [0.5, 0.6) is 23.0 Å². The number of phenols is 4. The Morgan fingerprint density at radius 3 is 2.37 bits per heavy atom. The molecule has 0 fully saturated rings. The summed E-state index contributed by atoms with van der Waals surface area (Å²) in [5.74, 6) is -2.15. The highest BCUT2D eigenvalue weighted by molar-refractivity contribution is 5.91. The summed E-state index contributed by atoms with van der Waals surface area (Å²) in [6.45, 7) is 0. The van der Waals surface area contributed by atoms with Crippen LogP contribution in [0.25, 0.3) is 22.3 Å². The average molecular weight is 260 g/mol. The molecule has 0 spiro atoms. The standard InChI is InChI=1S/C13H8O6/c14-7-2-1-5-3-6-8(15)4-9(16)11(18)13(6)19-12(5)10(7)17/h1-4,14-15,17-18H. The van der Waals surface area contributed by atoms with Crippen molar-refractivity contribution in [1.29, 1.82) is 0 Å². The van der Waals surface area contributed by atoms with Crippen molar-refractivity contribution in [2.45, 2.75) is 0 Å². The van der Waals surface area contributed by atoms with Crippen LogP contribution in [0.2, 0.25) is 0 Å². The van der Waals surface area contributed by atoms with Crippen molar-refractivity contribution >= 4 is 11.0 Å². The zero-order chi connectivity index (χ0) is 13.7. The predicted octanol–water partition coefficient (Wildman–Crippen LogP) is 1.72. The first kappa shape index (κ1) is 11.2. The smallest absolute Gasteiger partial charge is 0.227 e. The minimum absolute atomic E-state index is 0.0900. The molecule has 1 heterocycles. The zero-order valence-corrected chi connectivity index (χ0v) is 9.41. The molecule has 0 amide bonds. The Kier molecular flexibility index (Phi) is 2.10. The maximum atomic E-state index is 11.4. The van der Waals surface area contributed by atoms with E-state index in [-0.39, 0.29) is 22.7 Å². The van der Waals surface area contributed by atoms with Gasteiger partial charge in [0.25, 0.3) is 0 Å². The number of hydrogen-bond donors (Lipinski definition) is 4. The lowest BCUT2D eigenvalue weighted by molar-refractivity contribution is 0.397. The SMILES string of the molecule is O=c1cc(O)c2cc3ccc(O)c(O)c3oc-2c1O. The third kappa shape index (κ3) is 1.46. The fourth-order valence-electron chi connectivity index (χ4n) is 1.92. The normalized spacial score (nSPS) is 11.2. The highest BCUT2D eigenvalue weighted by atomic mass is 16.4. The summed E-state index contributed by atoms with van der Waals surface area (Å²) < 4.78 is 5.23. The second kappa shape index (κ2) is 3.55. The third-order valence-electron chi connectivity index (χ3n) is 2.88. The monoisotopic (exact) mass is 260 g/mol. The number of rotatable bonds is 0. The van der Waals surface area contributed by atoms with E-state index >= 15 is 0 Å². The molecule has 0 unspecified atom stereocenters. The van der Waals surface area contributed by atoms with Gasteiger partial charge in [-0.25, -0.2) is 0 Å². The van der Waals surface area contributed by atoms with E-state index in [4.69, 9.17) is 4.42 Å². The number of aromatic hydroxyl groups is 4. The molecule has 0 bridgehead atoms. The van der Waals surface area contributed by atoms with Gasteiger partial charge in [0, 0.05) is 11.5 Å². The van der Waals surface area contributed by atoms with Gasteiger partial charge in [-0.1, -0.05) is 0 Å².